The minimum atomic E-state index is 0.550. The summed E-state index contributed by atoms with van der Waals surface area (Å²) in [5, 5.41) is 13.3. The molecule has 1 aliphatic carbocycles. The van der Waals surface area contributed by atoms with Crippen molar-refractivity contribution in [1.29, 1.82) is 0 Å². The van der Waals surface area contributed by atoms with Gasteiger partial charge in [-0.3, -0.25) is 0 Å². The van der Waals surface area contributed by atoms with E-state index in [9.17, 15) is 0 Å². The third-order valence-corrected chi connectivity index (χ3v) is 4.47. The van der Waals surface area contributed by atoms with Crippen molar-refractivity contribution in [1.82, 2.24) is 20.2 Å². The molecule has 1 aromatic carbocycles. The van der Waals surface area contributed by atoms with Gasteiger partial charge in [0.1, 0.15) is 5.82 Å². The van der Waals surface area contributed by atoms with Crippen LogP contribution in [-0.4, -0.2) is 26.2 Å². The number of nitrogens with one attached hydrogen (secondary N) is 1. The van der Waals surface area contributed by atoms with E-state index >= 15 is 0 Å². The molecule has 3 aromatic rings. The summed E-state index contributed by atoms with van der Waals surface area (Å²) >= 11 is 1.52. The topological polar surface area (TPSA) is 76.7 Å². The third-order valence-electron chi connectivity index (χ3n) is 3.64. The summed E-state index contributed by atoms with van der Waals surface area (Å²) in [5.41, 5.74) is 0.952. The molecule has 0 atom stereocenters. The van der Waals surface area contributed by atoms with Crippen LogP contribution in [0.15, 0.2) is 33.8 Å². The average Bonchev–Trinajstić information content (AvgIpc) is 3.27. The third kappa shape index (κ3) is 3.29. The van der Waals surface area contributed by atoms with Crippen LogP contribution in [-0.2, 0) is 12.2 Å². The van der Waals surface area contributed by atoms with Gasteiger partial charge in [0.05, 0.1) is 11.3 Å². The summed E-state index contributed by atoms with van der Waals surface area (Å²) in [6.07, 6.45) is 3.17. The largest absolute Gasteiger partial charge is 0.424 e. The van der Waals surface area contributed by atoms with Crippen molar-refractivity contribution in [2.75, 3.05) is 5.32 Å². The predicted molar refractivity (Wildman–Crippen MR) is 89.4 cm³/mol. The predicted octanol–water partition coefficient (Wildman–Crippen LogP) is 3.44. The molecule has 0 unspecified atom stereocenters. The van der Waals surface area contributed by atoms with Gasteiger partial charge in [-0.05, 0) is 25.0 Å². The second kappa shape index (κ2) is 6.16. The number of benzene rings is 1. The fourth-order valence-corrected chi connectivity index (χ4v) is 2.95. The first-order valence-electron chi connectivity index (χ1n) is 7.79. The molecule has 7 heteroatoms. The lowest BCUT2D eigenvalue weighted by Crippen LogP contribution is -2.05. The van der Waals surface area contributed by atoms with Gasteiger partial charge in [0.25, 0.3) is 0 Å². The molecule has 0 aliphatic heterocycles. The number of thioether (sulfide) groups is 1. The zero-order chi connectivity index (χ0) is 15.6. The maximum atomic E-state index is 5.53. The molecule has 0 saturated heterocycles. The summed E-state index contributed by atoms with van der Waals surface area (Å²) in [5.74, 6) is 2.77. The Labute approximate surface area is 138 Å². The smallest absolute Gasteiger partial charge is 0.226 e. The van der Waals surface area contributed by atoms with Crippen LogP contribution in [0.3, 0.4) is 0 Å². The Morgan fingerprint density at radius 1 is 1.17 bits per heavy atom. The number of rotatable bonds is 6. The van der Waals surface area contributed by atoms with Gasteiger partial charge in [-0.1, -0.05) is 30.8 Å². The highest BCUT2D eigenvalue weighted by Gasteiger charge is 2.22. The summed E-state index contributed by atoms with van der Waals surface area (Å²) in [7, 11) is 0. The van der Waals surface area contributed by atoms with E-state index in [1.165, 1.54) is 24.6 Å². The zero-order valence-electron chi connectivity index (χ0n) is 12.8. The first-order chi connectivity index (χ1) is 11.3. The molecule has 118 valence electrons. The lowest BCUT2D eigenvalue weighted by Gasteiger charge is -2.09. The van der Waals surface area contributed by atoms with Crippen LogP contribution < -0.4 is 5.32 Å². The Kier molecular flexibility index (Phi) is 3.87. The minimum absolute atomic E-state index is 0.550. The monoisotopic (exact) mass is 327 g/mol. The van der Waals surface area contributed by atoms with E-state index < -0.39 is 0 Å². The molecule has 1 saturated carbocycles. The lowest BCUT2D eigenvalue weighted by atomic mass is 10.2. The highest BCUT2D eigenvalue weighted by Crippen LogP contribution is 2.30. The van der Waals surface area contributed by atoms with E-state index in [2.05, 4.69) is 31.5 Å². The van der Waals surface area contributed by atoms with Crippen LogP contribution in [0.1, 0.15) is 31.5 Å². The molecule has 0 amide bonds. The first kappa shape index (κ1) is 14.4. The van der Waals surface area contributed by atoms with Crippen LogP contribution in [0.4, 0.5) is 5.82 Å². The molecule has 6 nitrogen and oxygen atoms in total. The molecule has 0 bridgehead atoms. The number of aromatic nitrogens is 4. The molecule has 0 spiro atoms. The molecular formula is C16H17N5OS. The van der Waals surface area contributed by atoms with Crippen LogP contribution in [0.5, 0.6) is 0 Å². The molecule has 1 N–H and O–H groups in total. The first-order valence-corrected chi connectivity index (χ1v) is 8.78. The zero-order valence-corrected chi connectivity index (χ0v) is 13.6. The number of para-hydroxylation sites is 1. The number of nitrogens with zero attached hydrogens (tertiary/aromatic N) is 4. The van der Waals surface area contributed by atoms with Gasteiger partial charge >= 0.3 is 0 Å². The normalized spacial score (nSPS) is 14.3. The van der Waals surface area contributed by atoms with E-state index in [4.69, 9.17) is 4.42 Å². The van der Waals surface area contributed by atoms with E-state index in [-0.39, 0.29) is 0 Å². The van der Waals surface area contributed by atoms with Crippen molar-refractivity contribution < 1.29 is 4.42 Å². The van der Waals surface area contributed by atoms with Gasteiger partial charge in [-0.2, -0.15) is 0 Å². The van der Waals surface area contributed by atoms with Crippen molar-refractivity contribution in [2.45, 2.75) is 43.1 Å². The molecule has 4 rings (SSSR count). The highest BCUT2D eigenvalue weighted by molar-refractivity contribution is 7.98. The number of hydrogen-bond acceptors (Lipinski definition) is 7. The number of anilines is 1. The van der Waals surface area contributed by atoms with Crippen LogP contribution in [0.2, 0.25) is 0 Å². The average molecular weight is 327 g/mol. The van der Waals surface area contributed by atoms with Crippen LogP contribution in [0, 0.1) is 0 Å². The molecule has 1 aliphatic rings. The lowest BCUT2D eigenvalue weighted by molar-refractivity contribution is 0.470. The van der Waals surface area contributed by atoms with Crippen molar-refractivity contribution in [3.8, 4) is 0 Å². The summed E-state index contributed by atoms with van der Waals surface area (Å²) in [4.78, 5) is 9.30. The fraction of sp³-hybridized carbons (Fsp3) is 0.375. The van der Waals surface area contributed by atoms with Gasteiger partial charge in [0.15, 0.2) is 5.16 Å². The van der Waals surface area contributed by atoms with E-state index in [0.29, 0.717) is 23.6 Å². The van der Waals surface area contributed by atoms with E-state index in [1.54, 1.807) is 0 Å². The van der Waals surface area contributed by atoms with Gasteiger partial charge in [0.2, 0.25) is 11.8 Å². The Balaban J connectivity index is 1.58. The Bertz CT molecular complexity index is 830. The summed E-state index contributed by atoms with van der Waals surface area (Å²) in [6, 6.07) is 8.63. The maximum absolute atomic E-state index is 5.53. The Morgan fingerprint density at radius 3 is 2.78 bits per heavy atom. The molecule has 1 fully saturated rings. The second-order valence-corrected chi connectivity index (χ2v) is 6.46. The van der Waals surface area contributed by atoms with E-state index in [0.717, 1.165) is 28.3 Å². The molecular weight excluding hydrogens is 310 g/mol. The summed E-state index contributed by atoms with van der Waals surface area (Å²) in [6.45, 7) is 1.99. The number of hydrogen-bond donors (Lipinski definition) is 1. The van der Waals surface area contributed by atoms with Crippen LogP contribution in [0.25, 0.3) is 10.9 Å². The fourth-order valence-electron chi connectivity index (χ4n) is 2.27. The Hall–Kier alpha value is -2.15. The number of fused-ring (bicyclic) bond motifs is 1. The molecule has 23 heavy (non-hydrogen) atoms. The van der Waals surface area contributed by atoms with Crippen molar-refractivity contribution >= 4 is 28.5 Å². The Morgan fingerprint density at radius 2 is 2.00 bits per heavy atom. The van der Waals surface area contributed by atoms with Gasteiger partial charge in [-0.25, -0.2) is 9.97 Å². The van der Waals surface area contributed by atoms with Crippen LogP contribution >= 0.6 is 11.8 Å². The second-order valence-electron chi connectivity index (χ2n) is 5.52. The van der Waals surface area contributed by atoms with Crippen molar-refractivity contribution in [3.63, 3.8) is 0 Å². The molecule has 0 radical (unpaired) electrons. The van der Waals surface area contributed by atoms with Gasteiger partial charge in [-0.15, -0.1) is 10.2 Å². The SMILES string of the molecule is CCc1nnc(CSc2nc(NC3CC3)c3ccccc3n2)o1. The van der Waals surface area contributed by atoms with Crippen molar-refractivity contribution in [2.24, 2.45) is 0 Å². The standard InChI is InChI=1S/C16H17N5OS/c1-2-13-20-21-14(22-13)9-23-16-18-12-6-4-3-5-11(12)15(19-16)17-10-7-8-10/h3-6,10H,2,7-9H2,1H3,(H,17,18,19). The van der Waals surface area contributed by atoms with E-state index in [1.807, 2.05) is 25.1 Å². The molecule has 2 aromatic heterocycles. The quantitative estimate of drug-likeness (QED) is 0.549. The summed E-state index contributed by atoms with van der Waals surface area (Å²) < 4.78 is 5.53. The minimum Gasteiger partial charge on any atom is -0.424 e. The van der Waals surface area contributed by atoms with Crippen molar-refractivity contribution in [3.05, 3.63) is 36.0 Å². The van der Waals surface area contributed by atoms with Gasteiger partial charge < -0.3 is 9.73 Å². The van der Waals surface area contributed by atoms with Gasteiger partial charge in [0, 0.05) is 17.8 Å². The maximum Gasteiger partial charge on any atom is 0.226 e. The molecule has 2 heterocycles. The highest BCUT2D eigenvalue weighted by atomic mass is 32.2. The number of aryl methyl sites for hydroxylation is 1.